The van der Waals surface area contributed by atoms with Crippen LogP contribution < -0.4 is 14.7 Å². The van der Waals surface area contributed by atoms with E-state index >= 15 is 0 Å². The normalized spacial score (nSPS) is 21.6. The van der Waals surface area contributed by atoms with Gasteiger partial charge in [0.25, 0.3) is 5.91 Å². The Morgan fingerprint density at radius 2 is 1.93 bits per heavy atom. The second kappa shape index (κ2) is 11.1. The van der Waals surface area contributed by atoms with Crippen LogP contribution in [0.1, 0.15) is 36.1 Å². The Labute approximate surface area is 262 Å². The Bertz CT molecular complexity index is 1770. The first-order valence-electron chi connectivity index (χ1n) is 14.3. The van der Waals surface area contributed by atoms with Gasteiger partial charge in [0.1, 0.15) is 17.7 Å². The molecule has 1 fully saturated rings. The smallest absolute Gasteiger partial charge is 0.362 e. The van der Waals surface area contributed by atoms with Gasteiger partial charge in [-0.2, -0.15) is 13.2 Å². The third-order valence-corrected chi connectivity index (χ3v) is 8.88. The highest BCUT2D eigenvalue weighted by Gasteiger charge is 2.49. The minimum atomic E-state index is -4.66. The second-order valence-corrected chi connectivity index (χ2v) is 12.0. The molecule has 45 heavy (non-hydrogen) atoms. The second-order valence-electron chi connectivity index (χ2n) is 11.6. The van der Waals surface area contributed by atoms with Crippen molar-refractivity contribution in [3.8, 4) is 12.3 Å². The maximum atomic E-state index is 14.0. The monoisotopic (exact) mass is 639 g/mol. The number of likely N-dealkylation sites (N-methyl/N-ethyl adjacent to an activating group) is 1. The van der Waals surface area contributed by atoms with Crippen LogP contribution in [0.3, 0.4) is 0 Å². The number of anilines is 3. The van der Waals surface area contributed by atoms with E-state index in [1.165, 1.54) is 11.8 Å². The van der Waals surface area contributed by atoms with Crippen LogP contribution in [-0.4, -0.2) is 62.8 Å². The van der Waals surface area contributed by atoms with E-state index < -0.39 is 41.4 Å². The Kier molecular flexibility index (Phi) is 7.51. The molecule has 0 saturated carbocycles. The molecule has 6 rings (SSSR count). The fraction of sp³-hybridized carbons (Fsp3) is 0.387. The van der Waals surface area contributed by atoms with Crippen LogP contribution in [0.2, 0.25) is 5.02 Å². The number of para-hydroxylation sites is 1. The molecule has 0 N–H and O–H groups in total. The number of fused-ring (bicyclic) bond motifs is 3. The Morgan fingerprint density at radius 3 is 2.64 bits per heavy atom. The summed E-state index contributed by atoms with van der Waals surface area (Å²) in [7, 11) is 1.55. The zero-order chi connectivity index (χ0) is 32.4. The molecule has 0 bridgehead atoms. The van der Waals surface area contributed by atoms with E-state index in [1.54, 1.807) is 30.1 Å². The molecule has 234 valence electrons. The van der Waals surface area contributed by atoms with E-state index in [9.17, 15) is 27.6 Å². The van der Waals surface area contributed by atoms with Gasteiger partial charge in [-0.25, -0.2) is 9.97 Å². The number of carbonyl (C=O) groups excluding carboxylic acids is 3. The maximum Gasteiger partial charge on any atom is 0.416 e. The van der Waals surface area contributed by atoms with Crippen LogP contribution in [0.15, 0.2) is 36.5 Å². The summed E-state index contributed by atoms with van der Waals surface area (Å²) >= 11 is 6.74. The number of amides is 3. The predicted octanol–water partition coefficient (Wildman–Crippen LogP) is 4.03. The standard InChI is InChI=1S/C31H29ClF3N7O3/c1-5-26(43)41-16-25-37-21(14-39(25)12-18(41)3)15-40-13-19-10-27(44)42(24-11-20(31(33,34)35)9-17(2)36-24)28(19)30(45)38(4)23-8-6-7-22(32)29(23)40/h1,6-9,11,14,18-19,28H,10,12-13,15-16H2,2-4H3/t18-,19-,28+/m1/s1. The molecule has 3 atom stereocenters. The summed E-state index contributed by atoms with van der Waals surface area (Å²) in [4.78, 5) is 54.9. The van der Waals surface area contributed by atoms with E-state index in [4.69, 9.17) is 23.0 Å². The van der Waals surface area contributed by atoms with Gasteiger partial charge in [-0.3, -0.25) is 19.3 Å². The van der Waals surface area contributed by atoms with Crippen molar-refractivity contribution in [2.45, 2.75) is 58.2 Å². The lowest BCUT2D eigenvalue weighted by atomic mass is 9.95. The molecular weight excluding hydrogens is 611 g/mol. The first-order chi connectivity index (χ1) is 21.3. The van der Waals surface area contributed by atoms with E-state index in [0.717, 1.165) is 17.0 Å². The number of hydrogen-bond donors (Lipinski definition) is 0. The van der Waals surface area contributed by atoms with Crippen LogP contribution in [0.5, 0.6) is 0 Å². The van der Waals surface area contributed by atoms with Gasteiger partial charge in [0.2, 0.25) is 11.8 Å². The molecule has 5 heterocycles. The summed E-state index contributed by atoms with van der Waals surface area (Å²) in [5.74, 6) is 0.627. The Hall–Kier alpha value is -4.57. The van der Waals surface area contributed by atoms with Crippen molar-refractivity contribution in [2.75, 3.05) is 28.3 Å². The number of rotatable bonds is 3. The number of pyridine rings is 1. The molecule has 0 unspecified atom stereocenters. The van der Waals surface area contributed by atoms with Gasteiger partial charge in [0.15, 0.2) is 0 Å². The van der Waals surface area contributed by atoms with Crippen molar-refractivity contribution in [1.82, 2.24) is 19.4 Å². The van der Waals surface area contributed by atoms with E-state index in [2.05, 4.69) is 10.9 Å². The van der Waals surface area contributed by atoms with Gasteiger partial charge in [0, 0.05) is 50.4 Å². The minimum absolute atomic E-state index is 0.0713. The van der Waals surface area contributed by atoms with E-state index in [0.29, 0.717) is 34.5 Å². The van der Waals surface area contributed by atoms with Crippen LogP contribution in [0.4, 0.5) is 30.4 Å². The van der Waals surface area contributed by atoms with Crippen LogP contribution in [0, 0.1) is 25.2 Å². The summed E-state index contributed by atoms with van der Waals surface area (Å²) in [5, 5.41) is 0.380. The van der Waals surface area contributed by atoms with Gasteiger partial charge < -0.3 is 19.3 Å². The summed E-state index contributed by atoms with van der Waals surface area (Å²) in [6.07, 6.45) is 2.51. The highest BCUT2D eigenvalue weighted by molar-refractivity contribution is 6.34. The zero-order valence-electron chi connectivity index (χ0n) is 24.7. The quantitative estimate of drug-likeness (QED) is 0.402. The summed E-state index contributed by atoms with van der Waals surface area (Å²) in [6.45, 7) is 4.49. The average molecular weight is 640 g/mol. The number of aryl methyl sites for hydroxylation is 1. The molecule has 0 spiro atoms. The predicted molar refractivity (Wildman–Crippen MR) is 160 cm³/mol. The van der Waals surface area contributed by atoms with Gasteiger partial charge in [-0.1, -0.05) is 17.7 Å². The first kappa shape index (κ1) is 30.5. The number of imidazole rings is 1. The molecule has 3 amide bonds. The lowest BCUT2D eigenvalue weighted by Gasteiger charge is -2.39. The Morgan fingerprint density at radius 1 is 1.18 bits per heavy atom. The van der Waals surface area contributed by atoms with Crippen LogP contribution >= 0.6 is 11.6 Å². The van der Waals surface area contributed by atoms with Crippen LogP contribution in [-0.2, 0) is 40.2 Å². The molecule has 14 heteroatoms. The molecule has 3 aliphatic heterocycles. The van der Waals surface area contributed by atoms with Crippen LogP contribution in [0.25, 0.3) is 0 Å². The molecule has 2 aromatic heterocycles. The lowest BCUT2D eigenvalue weighted by molar-refractivity contribution is -0.137. The molecule has 1 aromatic carbocycles. The number of aromatic nitrogens is 3. The number of hydrogen-bond acceptors (Lipinski definition) is 6. The van der Waals surface area contributed by atoms with E-state index in [-0.39, 0.29) is 43.6 Å². The summed E-state index contributed by atoms with van der Waals surface area (Å²) in [5.41, 5.74) is 0.826. The number of benzene rings is 1. The molecule has 1 saturated heterocycles. The molecule has 0 radical (unpaired) electrons. The highest BCUT2D eigenvalue weighted by atomic mass is 35.5. The van der Waals surface area contributed by atoms with Crippen molar-refractivity contribution in [3.05, 3.63) is 64.3 Å². The minimum Gasteiger partial charge on any atom is -0.362 e. The lowest BCUT2D eigenvalue weighted by Crippen LogP contribution is -2.52. The van der Waals surface area contributed by atoms with Crippen molar-refractivity contribution in [3.63, 3.8) is 0 Å². The van der Waals surface area contributed by atoms with Crippen molar-refractivity contribution in [1.29, 1.82) is 0 Å². The Balaban J connectivity index is 1.39. The fourth-order valence-electron chi connectivity index (χ4n) is 6.52. The third-order valence-electron chi connectivity index (χ3n) is 8.58. The van der Waals surface area contributed by atoms with Crippen molar-refractivity contribution >= 4 is 46.5 Å². The average Bonchev–Trinajstić information content (AvgIpc) is 3.52. The number of nitrogens with zero attached hydrogens (tertiary/aromatic N) is 7. The molecular formula is C31H29ClF3N7O3. The maximum absolute atomic E-state index is 14.0. The molecule has 10 nitrogen and oxygen atoms in total. The SMILES string of the molecule is C#CC(=O)N1Cc2nc(CN3C[C@H]4CC(=O)N(c5cc(C(F)(F)F)cc(C)n5)[C@@H]4C(=O)N(C)c4cccc(Cl)c43)cn2C[C@H]1C. The van der Waals surface area contributed by atoms with Crippen molar-refractivity contribution in [2.24, 2.45) is 5.92 Å². The van der Waals surface area contributed by atoms with Gasteiger partial charge >= 0.3 is 6.18 Å². The molecule has 0 aliphatic carbocycles. The zero-order valence-corrected chi connectivity index (χ0v) is 25.4. The number of alkyl halides is 3. The fourth-order valence-corrected chi connectivity index (χ4v) is 6.81. The van der Waals surface area contributed by atoms with Crippen molar-refractivity contribution < 1.29 is 27.6 Å². The first-order valence-corrected chi connectivity index (χ1v) is 14.7. The summed E-state index contributed by atoms with van der Waals surface area (Å²) < 4.78 is 43.1. The van der Waals surface area contributed by atoms with E-state index in [1.807, 2.05) is 22.6 Å². The highest BCUT2D eigenvalue weighted by Crippen LogP contribution is 2.43. The topological polar surface area (TPSA) is 94.9 Å². The van der Waals surface area contributed by atoms with Gasteiger partial charge in [-0.15, -0.1) is 6.42 Å². The number of terminal acetylenes is 1. The number of halogens is 4. The molecule has 3 aliphatic rings. The third kappa shape index (κ3) is 5.37. The largest absolute Gasteiger partial charge is 0.416 e. The summed E-state index contributed by atoms with van der Waals surface area (Å²) in [6, 6.07) is 5.60. The number of carbonyl (C=O) groups is 3. The van der Waals surface area contributed by atoms with Gasteiger partial charge in [-0.05, 0) is 44.0 Å². The molecule has 3 aromatic rings. The van der Waals surface area contributed by atoms with Gasteiger partial charge in [0.05, 0.1) is 40.7 Å².